The number of benzene rings is 1. The van der Waals surface area contributed by atoms with E-state index in [-0.39, 0.29) is 0 Å². The van der Waals surface area contributed by atoms with Gasteiger partial charge >= 0.3 is 0 Å². The van der Waals surface area contributed by atoms with Crippen LogP contribution in [0.15, 0.2) is 18.2 Å². The van der Waals surface area contributed by atoms with Gasteiger partial charge in [0, 0.05) is 12.1 Å². The molecule has 0 aliphatic carbocycles. The van der Waals surface area contributed by atoms with E-state index in [0.717, 1.165) is 31.1 Å². The van der Waals surface area contributed by atoms with E-state index in [1.54, 1.807) is 6.07 Å². The Labute approximate surface area is 119 Å². The predicted molar refractivity (Wildman–Crippen MR) is 78.2 cm³/mol. The van der Waals surface area contributed by atoms with Crippen LogP contribution in [0.3, 0.4) is 0 Å². The topological polar surface area (TPSA) is 3.24 Å². The number of hydrogen-bond acceptors (Lipinski definition) is 1. The largest absolute Gasteiger partial charge is 0.292 e. The Bertz CT molecular complexity index is 473. The van der Waals surface area contributed by atoms with Crippen LogP contribution in [0, 0.1) is 17.8 Å². The van der Waals surface area contributed by atoms with Crippen LogP contribution in [0.5, 0.6) is 0 Å². The van der Waals surface area contributed by atoms with Crippen molar-refractivity contribution in [1.29, 1.82) is 0 Å². The van der Waals surface area contributed by atoms with Gasteiger partial charge in [-0.2, -0.15) is 0 Å². The fourth-order valence-electron chi connectivity index (χ4n) is 2.28. The maximum absolute atomic E-state index is 6.09. The minimum absolute atomic E-state index is 0.554. The molecule has 0 radical (unpaired) electrons. The maximum atomic E-state index is 6.09. The van der Waals surface area contributed by atoms with Crippen molar-refractivity contribution in [2.24, 2.45) is 5.92 Å². The van der Waals surface area contributed by atoms with Gasteiger partial charge in [-0.3, -0.25) is 4.90 Å². The SMILES string of the molecule is CC1CCCN(CC#Cc2cccc(Cl)c2Cl)C1. The zero-order chi connectivity index (χ0) is 13.0. The van der Waals surface area contributed by atoms with E-state index in [9.17, 15) is 0 Å². The van der Waals surface area contributed by atoms with Gasteiger partial charge in [0.15, 0.2) is 0 Å². The molecule has 1 aliphatic rings. The minimum atomic E-state index is 0.554. The number of likely N-dealkylation sites (tertiary alicyclic amines) is 1. The molecular weight excluding hydrogens is 265 g/mol. The molecule has 0 saturated carbocycles. The first kappa shape index (κ1) is 13.7. The van der Waals surface area contributed by atoms with E-state index in [4.69, 9.17) is 23.2 Å². The van der Waals surface area contributed by atoms with Crippen molar-refractivity contribution in [1.82, 2.24) is 4.90 Å². The summed E-state index contributed by atoms with van der Waals surface area (Å²) in [5, 5.41) is 1.12. The number of nitrogens with zero attached hydrogens (tertiary/aromatic N) is 1. The number of rotatable bonds is 1. The van der Waals surface area contributed by atoms with Crippen molar-refractivity contribution in [3.8, 4) is 11.8 Å². The minimum Gasteiger partial charge on any atom is -0.292 e. The van der Waals surface area contributed by atoms with Crippen molar-refractivity contribution in [3.63, 3.8) is 0 Å². The van der Waals surface area contributed by atoms with Gasteiger partial charge in [-0.1, -0.05) is 48.0 Å². The quantitative estimate of drug-likeness (QED) is 0.702. The van der Waals surface area contributed by atoms with Crippen LogP contribution in [0.25, 0.3) is 0 Å². The molecule has 3 heteroatoms. The van der Waals surface area contributed by atoms with Crippen molar-refractivity contribution >= 4 is 23.2 Å². The summed E-state index contributed by atoms with van der Waals surface area (Å²) in [6.45, 7) is 5.42. The molecule has 96 valence electrons. The molecule has 1 unspecified atom stereocenters. The standard InChI is InChI=1S/C15H17Cl2N/c1-12-5-3-9-18(11-12)10-4-7-13-6-2-8-14(16)15(13)17/h2,6,8,12H,3,5,9-11H2,1H3. The van der Waals surface area contributed by atoms with Crippen LogP contribution in [-0.2, 0) is 0 Å². The third-order valence-corrected chi connectivity index (χ3v) is 4.04. The maximum Gasteiger partial charge on any atom is 0.0748 e. The highest BCUT2D eigenvalue weighted by atomic mass is 35.5. The monoisotopic (exact) mass is 281 g/mol. The molecule has 0 bridgehead atoms. The molecule has 1 aromatic carbocycles. The molecule has 0 amide bonds. The van der Waals surface area contributed by atoms with Gasteiger partial charge < -0.3 is 0 Å². The van der Waals surface area contributed by atoms with E-state index in [0.29, 0.717) is 10.0 Å². The third-order valence-electron chi connectivity index (χ3n) is 3.22. The van der Waals surface area contributed by atoms with Crippen LogP contribution in [0.1, 0.15) is 25.3 Å². The second-order valence-electron chi connectivity index (χ2n) is 4.89. The molecule has 0 N–H and O–H groups in total. The molecule has 0 aromatic heterocycles. The number of hydrogen-bond donors (Lipinski definition) is 0. The van der Waals surface area contributed by atoms with Crippen molar-refractivity contribution in [3.05, 3.63) is 33.8 Å². The molecule has 1 atom stereocenters. The molecule has 1 heterocycles. The molecule has 2 rings (SSSR count). The lowest BCUT2D eigenvalue weighted by molar-refractivity contribution is 0.204. The zero-order valence-corrected chi connectivity index (χ0v) is 12.1. The van der Waals surface area contributed by atoms with Crippen LogP contribution in [-0.4, -0.2) is 24.5 Å². The summed E-state index contributed by atoms with van der Waals surface area (Å²) in [4.78, 5) is 2.40. The first-order chi connectivity index (χ1) is 8.66. The summed E-state index contributed by atoms with van der Waals surface area (Å²) < 4.78 is 0. The summed E-state index contributed by atoms with van der Waals surface area (Å²) in [6, 6.07) is 5.56. The first-order valence-electron chi connectivity index (χ1n) is 6.32. The Kier molecular flexibility index (Phi) is 4.95. The molecule has 1 fully saturated rings. The molecule has 1 aromatic rings. The van der Waals surface area contributed by atoms with E-state index in [1.165, 1.54) is 12.8 Å². The normalized spacial score (nSPS) is 20.3. The predicted octanol–water partition coefficient (Wildman–Crippen LogP) is 4.08. The summed E-state index contributed by atoms with van der Waals surface area (Å²) in [7, 11) is 0. The molecular formula is C15H17Cl2N. The van der Waals surface area contributed by atoms with Crippen molar-refractivity contribution in [2.75, 3.05) is 19.6 Å². The summed E-state index contributed by atoms with van der Waals surface area (Å²) in [6.07, 6.45) is 2.62. The average molecular weight is 282 g/mol. The van der Waals surface area contributed by atoms with Gasteiger partial charge in [0.2, 0.25) is 0 Å². The van der Waals surface area contributed by atoms with Crippen LogP contribution in [0.2, 0.25) is 10.0 Å². The highest BCUT2D eigenvalue weighted by Crippen LogP contribution is 2.24. The van der Waals surface area contributed by atoms with Gasteiger partial charge in [0.1, 0.15) is 0 Å². The van der Waals surface area contributed by atoms with Crippen LogP contribution >= 0.6 is 23.2 Å². The van der Waals surface area contributed by atoms with E-state index >= 15 is 0 Å². The van der Waals surface area contributed by atoms with Gasteiger partial charge in [-0.15, -0.1) is 0 Å². The summed E-state index contributed by atoms with van der Waals surface area (Å²) in [5.74, 6) is 7.09. The average Bonchev–Trinajstić information content (AvgIpc) is 2.35. The fourth-order valence-corrected chi connectivity index (χ4v) is 2.62. The van der Waals surface area contributed by atoms with Crippen molar-refractivity contribution < 1.29 is 0 Å². The van der Waals surface area contributed by atoms with Gasteiger partial charge in [0.05, 0.1) is 16.6 Å². The smallest absolute Gasteiger partial charge is 0.0748 e. The summed E-state index contributed by atoms with van der Waals surface area (Å²) in [5.41, 5.74) is 0.814. The Hall–Kier alpha value is -0.680. The van der Waals surface area contributed by atoms with E-state index in [2.05, 4.69) is 23.7 Å². The highest BCUT2D eigenvalue weighted by Gasteiger charge is 2.14. The second kappa shape index (κ2) is 6.48. The Balaban J connectivity index is 1.97. The lowest BCUT2D eigenvalue weighted by Crippen LogP contribution is -2.34. The highest BCUT2D eigenvalue weighted by molar-refractivity contribution is 6.42. The van der Waals surface area contributed by atoms with E-state index in [1.807, 2.05) is 12.1 Å². The lowest BCUT2D eigenvalue weighted by atomic mass is 10.0. The van der Waals surface area contributed by atoms with Gasteiger partial charge in [-0.25, -0.2) is 0 Å². The van der Waals surface area contributed by atoms with Gasteiger partial charge in [0.25, 0.3) is 0 Å². The third kappa shape index (κ3) is 3.65. The summed E-state index contributed by atoms with van der Waals surface area (Å²) >= 11 is 12.0. The molecule has 1 nitrogen and oxygen atoms in total. The van der Waals surface area contributed by atoms with Crippen LogP contribution < -0.4 is 0 Å². The van der Waals surface area contributed by atoms with Gasteiger partial charge in [-0.05, 0) is 37.4 Å². The van der Waals surface area contributed by atoms with E-state index < -0.39 is 0 Å². The zero-order valence-electron chi connectivity index (χ0n) is 10.5. The Morgan fingerprint density at radius 2 is 2.22 bits per heavy atom. The molecule has 0 spiro atoms. The van der Waals surface area contributed by atoms with Crippen molar-refractivity contribution in [2.45, 2.75) is 19.8 Å². The van der Waals surface area contributed by atoms with Crippen LogP contribution in [0.4, 0.5) is 0 Å². The molecule has 1 saturated heterocycles. The lowest BCUT2D eigenvalue weighted by Gasteiger charge is -2.28. The number of piperidine rings is 1. The Morgan fingerprint density at radius 1 is 1.39 bits per heavy atom. The fraction of sp³-hybridized carbons (Fsp3) is 0.467. The Morgan fingerprint density at radius 3 is 3.00 bits per heavy atom. The molecule has 1 aliphatic heterocycles. The molecule has 18 heavy (non-hydrogen) atoms. The second-order valence-corrected chi connectivity index (χ2v) is 5.67. The number of halogens is 2. The first-order valence-corrected chi connectivity index (χ1v) is 7.07.